The maximum absolute atomic E-state index is 6.07. The van der Waals surface area contributed by atoms with Gasteiger partial charge in [-0.05, 0) is 98.7 Å². The third-order valence-electron chi connectivity index (χ3n) is 7.38. The van der Waals surface area contributed by atoms with Crippen molar-refractivity contribution in [3.05, 3.63) is 93.2 Å². The van der Waals surface area contributed by atoms with Crippen molar-refractivity contribution in [2.45, 2.75) is 33.9 Å². The van der Waals surface area contributed by atoms with Gasteiger partial charge in [0, 0.05) is 39.3 Å². The summed E-state index contributed by atoms with van der Waals surface area (Å²) in [5.74, 6) is 7.99. The molecule has 5 aromatic rings. The molecule has 0 spiro atoms. The molecule has 200 valence electrons. The number of nitrogen functional groups attached to an aromatic ring is 1. The first kappa shape index (κ1) is 27.4. The maximum Gasteiger partial charge on any atom is 0.222 e. The molecule has 0 amide bonds. The highest BCUT2D eigenvalue weighted by atomic mass is 127. The van der Waals surface area contributed by atoms with E-state index >= 15 is 0 Å². The molecule has 0 saturated heterocycles. The van der Waals surface area contributed by atoms with Crippen LogP contribution in [0.5, 0.6) is 0 Å². The first-order valence-corrected chi connectivity index (χ1v) is 16.6. The van der Waals surface area contributed by atoms with E-state index in [1.807, 2.05) is 6.07 Å². The lowest BCUT2D eigenvalue weighted by molar-refractivity contribution is 0.837. The van der Waals surface area contributed by atoms with Gasteiger partial charge in [0.1, 0.15) is 5.82 Å². The summed E-state index contributed by atoms with van der Waals surface area (Å²) in [4.78, 5) is 9.09. The fourth-order valence-electron chi connectivity index (χ4n) is 4.86. The van der Waals surface area contributed by atoms with Gasteiger partial charge in [-0.15, -0.1) is 0 Å². The zero-order valence-electron chi connectivity index (χ0n) is 22.7. The predicted molar refractivity (Wildman–Crippen MR) is 178 cm³/mol. The second-order valence-electron chi connectivity index (χ2n) is 9.58. The van der Waals surface area contributed by atoms with Gasteiger partial charge in [0.25, 0.3) is 0 Å². The van der Waals surface area contributed by atoms with Crippen molar-refractivity contribution in [1.29, 1.82) is 0 Å². The van der Waals surface area contributed by atoms with Gasteiger partial charge in [0.15, 0.2) is 0 Å². The van der Waals surface area contributed by atoms with Crippen LogP contribution in [0.15, 0.2) is 72.9 Å². The zero-order valence-corrected chi connectivity index (χ0v) is 25.6. The third kappa shape index (κ3) is 6.02. The van der Waals surface area contributed by atoms with Gasteiger partial charge in [-0.2, -0.15) is 15.0 Å². The fraction of sp³-hybridized carbons (Fsp3) is 0.250. The van der Waals surface area contributed by atoms with Gasteiger partial charge in [0.2, 0.25) is 5.95 Å². The molecule has 0 unspecified atom stereocenters. The van der Waals surface area contributed by atoms with E-state index in [-0.39, 0.29) is 5.95 Å². The van der Waals surface area contributed by atoms with Crippen LogP contribution < -0.4 is 11.1 Å². The van der Waals surface area contributed by atoms with Crippen LogP contribution >= 0.6 is 32.6 Å². The van der Waals surface area contributed by atoms with E-state index < -0.39 is 10.0 Å². The summed E-state index contributed by atoms with van der Waals surface area (Å²) in [7, 11) is -0.819. The second-order valence-corrected chi connectivity index (χ2v) is 14.9. The number of halogens is 1. The molecule has 2 heterocycles. The Morgan fingerprint density at radius 2 is 1.56 bits per heavy atom. The Morgan fingerprint density at radius 3 is 2.26 bits per heavy atom. The minimum Gasteiger partial charge on any atom is -0.368 e. The fourth-order valence-corrected chi connectivity index (χ4v) is 7.21. The predicted octanol–water partition coefficient (Wildman–Crippen LogP) is 7.61. The largest absolute Gasteiger partial charge is 0.368 e. The lowest BCUT2D eigenvalue weighted by atomic mass is 10.1. The number of aromatic nitrogens is 3. The van der Waals surface area contributed by atoms with Crippen molar-refractivity contribution >= 4 is 66.2 Å². The molecule has 3 N–H and O–H groups in total. The highest BCUT2D eigenvalue weighted by Gasteiger charge is 2.14. The van der Waals surface area contributed by atoms with Gasteiger partial charge >= 0.3 is 0 Å². The summed E-state index contributed by atoms with van der Waals surface area (Å²) < 4.78 is 3.49. The molecule has 0 radical (unpaired) electrons. The summed E-state index contributed by atoms with van der Waals surface area (Å²) in [5.41, 5.74) is 11.6. The Balaban J connectivity index is 1.41. The number of nitrogens with zero attached hydrogens (tertiary/aromatic N) is 3. The number of nitrogens with two attached hydrogens (primary N) is 1. The molecular weight excluding hydrogens is 613 g/mol. The van der Waals surface area contributed by atoms with E-state index in [2.05, 4.69) is 141 Å². The Bertz CT molecular complexity index is 1650. The molecular formula is C32H34IN5S. The van der Waals surface area contributed by atoms with Crippen molar-refractivity contribution in [1.82, 2.24) is 14.5 Å². The minimum atomic E-state index is -0.819. The van der Waals surface area contributed by atoms with E-state index in [0.29, 0.717) is 6.54 Å². The Kier molecular flexibility index (Phi) is 8.34. The molecule has 5 rings (SSSR count). The lowest BCUT2D eigenvalue weighted by Gasteiger charge is -2.30. The van der Waals surface area contributed by atoms with Crippen LogP contribution in [0.4, 0.5) is 11.8 Å². The molecule has 0 aliphatic carbocycles. The normalized spacial score (nSPS) is 11.9. The highest BCUT2D eigenvalue weighted by molar-refractivity contribution is 14.1. The number of rotatable bonds is 8. The molecule has 0 atom stereocenters. The molecule has 7 heteroatoms. The summed E-state index contributed by atoms with van der Waals surface area (Å²) >= 11 is 2.32. The number of benzene rings is 3. The number of anilines is 2. The van der Waals surface area contributed by atoms with Crippen LogP contribution in [0.1, 0.15) is 37.5 Å². The summed E-state index contributed by atoms with van der Waals surface area (Å²) in [5, 5.41) is 9.24. The average Bonchev–Trinajstić information content (AvgIpc) is 3.37. The molecule has 5 nitrogen and oxygen atoms in total. The van der Waals surface area contributed by atoms with Crippen molar-refractivity contribution in [2.24, 2.45) is 0 Å². The van der Waals surface area contributed by atoms with Crippen LogP contribution in [-0.2, 0) is 13.1 Å². The van der Waals surface area contributed by atoms with E-state index in [1.165, 1.54) is 32.0 Å². The topological polar surface area (TPSA) is 68.8 Å². The first-order chi connectivity index (χ1) is 18.9. The van der Waals surface area contributed by atoms with E-state index in [1.54, 1.807) is 0 Å². The molecule has 0 saturated carbocycles. The first-order valence-electron chi connectivity index (χ1n) is 13.3. The van der Waals surface area contributed by atoms with Crippen LogP contribution in [0.2, 0.25) is 0 Å². The summed E-state index contributed by atoms with van der Waals surface area (Å²) in [6.45, 7) is 8.25. The molecule has 39 heavy (non-hydrogen) atoms. The van der Waals surface area contributed by atoms with Crippen LogP contribution in [0.3, 0.4) is 0 Å². The lowest BCUT2D eigenvalue weighted by Crippen LogP contribution is -2.06. The number of nitrogens with one attached hydrogen (secondary N) is 1. The van der Waals surface area contributed by atoms with Gasteiger partial charge in [-0.3, -0.25) is 0 Å². The van der Waals surface area contributed by atoms with E-state index in [0.717, 1.165) is 39.7 Å². The van der Waals surface area contributed by atoms with E-state index in [4.69, 9.17) is 5.73 Å². The minimum absolute atomic E-state index is 0.269. The van der Waals surface area contributed by atoms with Crippen molar-refractivity contribution in [3.63, 3.8) is 0 Å². The summed E-state index contributed by atoms with van der Waals surface area (Å²) in [6.07, 6.45) is 2.14. The number of hydrogen-bond acceptors (Lipinski definition) is 4. The molecule has 0 fully saturated rings. The van der Waals surface area contributed by atoms with Crippen LogP contribution in [0.25, 0.3) is 21.8 Å². The number of hydrogen-bond donors (Lipinski definition) is 2. The average molecular weight is 648 g/mol. The van der Waals surface area contributed by atoms with Crippen molar-refractivity contribution < 1.29 is 0 Å². The van der Waals surface area contributed by atoms with E-state index in [9.17, 15) is 0 Å². The molecule has 0 aliphatic rings. The Labute approximate surface area is 246 Å². The van der Waals surface area contributed by atoms with Gasteiger partial charge in [0.05, 0.1) is 10.9 Å². The van der Waals surface area contributed by atoms with Crippen LogP contribution in [0, 0.1) is 14.7 Å². The molecule has 2 aromatic heterocycles. The zero-order chi connectivity index (χ0) is 27.4. The number of fused-ring (bicyclic) bond motifs is 3. The molecule has 3 aromatic carbocycles. The van der Waals surface area contributed by atoms with Gasteiger partial charge in [-0.25, -0.2) is 4.98 Å². The monoisotopic (exact) mass is 647 g/mol. The quantitative estimate of drug-likeness (QED) is 0.135. The van der Waals surface area contributed by atoms with Crippen molar-refractivity contribution in [3.8, 4) is 11.2 Å². The van der Waals surface area contributed by atoms with Crippen molar-refractivity contribution in [2.75, 3.05) is 28.3 Å². The Morgan fingerprint density at radius 1 is 0.872 bits per heavy atom. The van der Waals surface area contributed by atoms with Gasteiger partial charge < -0.3 is 15.6 Å². The smallest absolute Gasteiger partial charge is 0.222 e. The third-order valence-corrected chi connectivity index (χ3v) is 11.9. The second kappa shape index (κ2) is 11.9. The standard InChI is InChI=1S/C32H34IN5S/c1-4-39(5-2,6-3)20-18-23-7-9-25(10-8-23)22-38-19-17-27-29(38)16-15-28-30(27)31(37-32(34)36-28)35-21-24-11-13-26(33)14-12-24/h7-17,19H,4-6,21-22H2,1-3H3,(H3,34,35,36,37). The molecule has 0 aliphatic heterocycles. The Hall–Kier alpha value is -3.22. The van der Waals surface area contributed by atoms with Gasteiger partial charge in [-0.1, -0.05) is 51.0 Å². The maximum atomic E-state index is 6.07. The molecule has 0 bridgehead atoms. The van der Waals surface area contributed by atoms with Crippen LogP contribution in [-0.4, -0.2) is 31.8 Å². The highest BCUT2D eigenvalue weighted by Crippen LogP contribution is 2.45. The SMILES string of the molecule is CCS(C#Cc1ccc(Cn2ccc3c4c(NCc5ccc(I)cc5)nc(N)nc4ccc32)cc1)(CC)CC. The summed E-state index contributed by atoms with van der Waals surface area (Å²) in [6, 6.07) is 23.4.